The Morgan fingerprint density at radius 3 is 2.85 bits per heavy atom. The van der Waals surface area contributed by atoms with Gasteiger partial charge in [0.1, 0.15) is 0 Å². The molecule has 0 aliphatic heterocycles. The molecule has 2 heterocycles. The van der Waals surface area contributed by atoms with E-state index in [4.69, 9.17) is 4.52 Å². The number of anilines is 1. The quantitative estimate of drug-likeness (QED) is 0.862. The number of hydrogen-bond acceptors (Lipinski definition) is 6. The fraction of sp³-hybridized carbons (Fsp3) is 0.385. The second kappa shape index (κ2) is 6.14. The van der Waals surface area contributed by atoms with Crippen molar-refractivity contribution in [3.63, 3.8) is 0 Å². The smallest absolute Gasteiger partial charge is 0.226 e. The van der Waals surface area contributed by atoms with Gasteiger partial charge in [0.15, 0.2) is 17.4 Å². The number of pyridine rings is 1. The van der Waals surface area contributed by atoms with Crippen LogP contribution in [0.4, 0.5) is 5.82 Å². The van der Waals surface area contributed by atoms with Gasteiger partial charge in [-0.05, 0) is 32.4 Å². The van der Waals surface area contributed by atoms with Crippen molar-refractivity contribution in [3.8, 4) is 5.75 Å². The lowest BCUT2D eigenvalue weighted by Crippen LogP contribution is -2.13. The highest BCUT2D eigenvalue weighted by Crippen LogP contribution is 2.20. The minimum absolute atomic E-state index is 0.0449. The Morgan fingerprint density at radius 2 is 2.15 bits per heavy atom. The summed E-state index contributed by atoms with van der Waals surface area (Å²) < 4.78 is 4.95. The van der Waals surface area contributed by atoms with E-state index in [9.17, 15) is 9.90 Å². The molecule has 0 fully saturated rings. The molecule has 2 aromatic rings. The number of nitrogens with zero attached hydrogens (tertiary/aromatic N) is 3. The zero-order valence-corrected chi connectivity index (χ0v) is 11.4. The number of carbonyl (C=O) groups excluding carboxylic acids is 1. The van der Waals surface area contributed by atoms with Crippen molar-refractivity contribution in [2.75, 3.05) is 5.32 Å². The Kier molecular flexibility index (Phi) is 4.29. The highest BCUT2D eigenvalue weighted by molar-refractivity contribution is 5.90. The maximum absolute atomic E-state index is 11.7. The van der Waals surface area contributed by atoms with E-state index in [1.807, 2.05) is 0 Å². The molecule has 7 nitrogen and oxygen atoms in total. The predicted molar refractivity (Wildman–Crippen MR) is 71.2 cm³/mol. The van der Waals surface area contributed by atoms with Gasteiger partial charge in [0.25, 0.3) is 0 Å². The molecule has 2 rings (SSSR count). The van der Waals surface area contributed by atoms with Crippen LogP contribution in [0, 0.1) is 13.8 Å². The van der Waals surface area contributed by atoms with Crippen molar-refractivity contribution >= 4 is 11.7 Å². The van der Waals surface area contributed by atoms with E-state index in [1.54, 1.807) is 19.9 Å². The van der Waals surface area contributed by atoms with Gasteiger partial charge in [-0.1, -0.05) is 5.16 Å². The second-order valence-electron chi connectivity index (χ2n) is 4.46. The zero-order chi connectivity index (χ0) is 14.5. The molecule has 0 aromatic carbocycles. The van der Waals surface area contributed by atoms with Crippen LogP contribution >= 0.6 is 0 Å². The normalized spacial score (nSPS) is 10.5. The van der Waals surface area contributed by atoms with Crippen molar-refractivity contribution in [1.29, 1.82) is 0 Å². The lowest BCUT2D eigenvalue weighted by molar-refractivity contribution is -0.116. The Labute approximate surface area is 116 Å². The van der Waals surface area contributed by atoms with Crippen LogP contribution < -0.4 is 5.32 Å². The van der Waals surface area contributed by atoms with Gasteiger partial charge in [0.2, 0.25) is 11.8 Å². The maximum Gasteiger partial charge on any atom is 0.226 e. The Balaban J connectivity index is 1.82. The maximum atomic E-state index is 11.7. The topological polar surface area (TPSA) is 101 Å². The summed E-state index contributed by atoms with van der Waals surface area (Å²) in [4.78, 5) is 19.9. The van der Waals surface area contributed by atoms with Crippen LogP contribution in [0.5, 0.6) is 5.75 Å². The predicted octanol–water partition coefficient (Wildman–Crippen LogP) is 1.75. The van der Waals surface area contributed by atoms with E-state index < -0.39 is 0 Å². The van der Waals surface area contributed by atoms with Crippen molar-refractivity contribution in [3.05, 3.63) is 29.5 Å². The van der Waals surface area contributed by atoms with Crippen molar-refractivity contribution in [1.82, 2.24) is 15.1 Å². The molecule has 0 radical (unpaired) electrons. The van der Waals surface area contributed by atoms with Crippen LogP contribution in [0.2, 0.25) is 0 Å². The molecule has 0 saturated heterocycles. The Hall–Kier alpha value is -2.44. The molecule has 2 aromatic heterocycles. The number of carbonyl (C=O) groups is 1. The summed E-state index contributed by atoms with van der Waals surface area (Å²) in [5.74, 6) is 1.03. The number of aromatic nitrogens is 3. The van der Waals surface area contributed by atoms with Crippen LogP contribution in [-0.4, -0.2) is 26.1 Å². The molecular weight excluding hydrogens is 260 g/mol. The van der Waals surface area contributed by atoms with Crippen molar-refractivity contribution < 1.29 is 14.4 Å². The lowest BCUT2D eigenvalue weighted by Gasteiger charge is -2.06. The number of aromatic hydroxyl groups is 1. The minimum Gasteiger partial charge on any atom is -0.504 e. The molecule has 106 valence electrons. The molecule has 0 bridgehead atoms. The third kappa shape index (κ3) is 3.78. The molecule has 0 unspecified atom stereocenters. The molecule has 0 saturated carbocycles. The van der Waals surface area contributed by atoms with E-state index in [2.05, 4.69) is 20.4 Å². The van der Waals surface area contributed by atoms with Crippen LogP contribution in [0.1, 0.15) is 30.3 Å². The third-order valence-electron chi connectivity index (χ3n) is 2.64. The summed E-state index contributed by atoms with van der Waals surface area (Å²) >= 11 is 0. The minimum atomic E-state index is -0.213. The fourth-order valence-electron chi connectivity index (χ4n) is 1.68. The van der Waals surface area contributed by atoms with Gasteiger partial charge < -0.3 is 14.9 Å². The van der Waals surface area contributed by atoms with Crippen LogP contribution in [-0.2, 0) is 11.2 Å². The highest BCUT2D eigenvalue weighted by atomic mass is 16.5. The SMILES string of the molecule is Cc1ccc(O)c(NC(=O)CCCc2nc(C)no2)n1. The average Bonchev–Trinajstić information content (AvgIpc) is 2.80. The van der Waals surface area contributed by atoms with Crippen molar-refractivity contribution in [2.24, 2.45) is 0 Å². The van der Waals surface area contributed by atoms with Crippen molar-refractivity contribution in [2.45, 2.75) is 33.1 Å². The molecule has 0 atom stereocenters. The number of amides is 1. The summed E-state index contributed by atoms with van der Waals surface area (Å²) in [6, 6.07) is 3.17. The van der Waals surface area contributed by atoms with Crippen LogP contribution in [0.3, 0.4) is 0 Å². The summed E-state index contributed by atoms with van der Waals surface area (Å²) in [6.45, 7) is 3.53. The second-order valence-corrected chi connectivity index (χ2v) is 4.46. The fourth-order valence-corrected chi connectivity index (χ4v) is 1.68. The number of hydrogen-bond donors (Lipinski definition) is 2. The first-order valence-corrected chi connectivity index (χ1v) is 6.30. The van der Waals surface area contributed by atoms with E-state index in [-0.39, 0.29) is 23.9 Å². The monoisotopic (exact) mass is 276 g/mol. The first kappa shape index (κ1) is 14.0. The number of rotatable bonds is 5. The summed E-state index contributed by atoms with van der Waals surface area (Å²) in [5.41, 5.74) is 0.722. The van der Waals surface area contributed by atoms with E-state index in [0.717, 1.165) is 5.69 Å². The molecule has 20 heavy (non-hydrogen) atoms. The van der Waals surface area contributed by atoms with E-state index in [0.29, 0.717) is 24.6 Å². The first-order chi connectivity index (χ1) is 9.54. The molecule has 2 N–H and O–H groups in total. The molecule has 1 amide bonds. The van der Waals surface area contributed by atoms with Gasteiger partial charge in [-0.3, -0.25) is 4.79 Å². The zero-order valence-electron chi connectivity index (χ0n) is 11.4. The highest BCUT2D eigenvalue weighted by Gasteiger charge is 2.09. The third-order valence-corrected chi connectivity index (χ3v) is 2.64. The van der Waals surface area contributed by atoms with Gasteiger partial charge >= 0.3 is 0 Å². The summed E-state index contributed by atoms with van der Waals surface area (Å²) in [6.07, 6.45) is 1.41. The Bertz CT molecular complexity index is 609. The largest absolute Gasteiger partial charge is 0.504 e. The summed E-state index contributed by atoms with van der Waals surface area (Å²) in [7, 11) is 0. The molecule has 0 aliphatic rings. The first-order valence-electron chi connectivity index (χ1n) is 6.30. The molecule has 0 aliphatic carbocycles. The van der Waals surface area contributed by atoms with Gasteiger partial charge in [-0.25, -0.2) is 4.98 Å². The number of aryl methyl sites for hydroxylation is 3. The molecule has 7 heteroatoms. The molecular formula is C13H16N4O3. The lowest BCUT2D eigenvalue weighted by atomic mass is 10.2. The average molecular weight is 276 g/mol. The summed E-state index contributed by atoms with van der Waals surface area (Å²) in [5, 5.41) is 15.8. The van der Waals surface area contributed by atoms with Crippen LogP contribution in [0.15, 0.2) is 16.7 Å². The van der Waals surface area contributed by atoms with Crippen LogP contribution in [0.25, 0.3) is 0 Å². The standard InChI is InChI=1S/C13H16N4O3/c1-8-6-7-10(18)13(14-8)16-11(19)4-3-5-12-15-9(2)17-20-12/h6-7,18H,3-5H2,1-2H3,(H,14,16,19). The van der Waals surface area contributed by atoms with Gasteiger partial charge in [0.05, 0.1) is 0 Å². The van der Waals surface area contributed by atoms with Gasteiger partial charge in [0, 0.05) is 18.5 Å². The van der Waals surface area contributed by atoms with E-state index >= 15 is 0 Å². The van der Waals surface area contributed by atoms with E-state index in [1.165, 1.54) is 6.07 Å². The molecule has 0 spiro atoms. The Morgan fingerprint density at radius 1 is 1.35 bits per heavy atom. The number of nitrogens with one attached hydrogen (secondary N) is 1. The van der Waals surface area contributed by atoms with Gasteiger partial charge in [-0.15, -0.1) is 0 Å². The van der Waals surface area contributed by atoms with Gasteiger partial charge in [-0.2, -0.15) is 4.98 Å².